The van der Waals surface area contributed by atoms with E-state index in [1.807, 2.05) is 30.3 Å². The molecule has 0 bridgehead atoms. The van der Waals surface area contributed by atoms with Crippen LogP contribution in [0.3, 0.4) is 0 Å². The molecule has 2 N–H and O–H groups in total. The van der Waals surface area contributed by atoms with Gasteiger partial charge in [-0.05, 0) is 42.8 Å². The highest BCUT2D eigenvalue weighted by molar-refractivity contribution is 8.03. The van der Waals surface area contributed by atoms with Gasteiger partial charge in [-0.2, -0.15) is 4.57 Å². The summed E-state index contributed by atoms with van der Waals surface area (Å²) in [6.07, 6.45) is 5.43. The second kappa shape index (κ2) is 10.7. The van der Waals surface area contributed by atoms with E-state index in [9.17, 15) is 13.0 Å². The molecule has 1 aliphatic rings. The van der Waals surface area contributed by atoms with E-state index < -0.39 is 10.1 Å². The largest absolute Gasteiger partial charge is 0.748 e. The van der Waals surface area contributed by atoms with Crippen LogP contribution in [-0.4, -0.2) is 31.8 Å². The summed E-state index contributed by atoms with van der Waals surface area (Å²) >= 11 is 1.66. The third-order valence-corrected chi connectivity index (χ3v) is 7.15. The second-order valence-corrected chi connectivity index (χ2v) is 10.0. The van der Waals surface area contributed by atoms with Crippen LogP contribution in [0, 0.1) is 0 Å². The van der Waals surface area contributed by atoms with Crippen LogP contribution in [0.2, 0.25) is 0 Å². The first-order valence-corrected chi connectivity index (χ1v) is 12.7. The van der Waals surface area contributed by atoms with E-state index in [0.717, 1.165) is 45.0 Å². The Balaban J connectivity index is 0.00000289. The van der Waals surface area contributed by atoms with Gasteiger partial charge in [0.2, 0.25) is 5.52 Å². The average Bonchev–Trinajstić information content (AvgIpc) is 3.09. The van der Waals surface area contributed by atoms with Crippen LogP contribution < -0.4 is 15.2 Å². The number of hydrogen-bond acceptors (Lipinski definition) is 6. The van der Waals surface area contributed by atoms with Crippen molar-refractivity contribution in [2.45, 2.75) is 24.3 Å². The number of hydrogen-bond donors (Lipinski definition) is 1. The molecule has 170 valence electrons. The lowest BCUT2D eigenvalue weighted by Gasteiger charge is -2.21. The molecule has 0 radical (unpaired) electrons. The standard InChI is InChI=1S/C23H25N3O3S2.ClH/c24-12-5-13-25-15-11-18(19-7-1-2-8-20(19)25)17-23-26(14-6-16-31(27,28)29)21-9-3-4-10-22(21)30-23;/h1-4,7-11,15,17H,5-6,12-14,16,24H2;1H. The normalized spacial score (nSPS) is 14.6. The molecule has 2 aromatic carbocycles. The Morgan fingerprint density at radius 2 is 1.81 bits per heavy atom. The molecule has 1 aromatic heterocycles. The maximum Gasteiger partial charge on any atom is 0.213 e. The Kier molecular flexibility index (Phi) is 8.19. The number of thioether (sulfide) groups is 1. The average molecular weight is 492 g/mol. The van der Waals surface area contributed by atoms with Gasteiger partial charge in [0.15, 0.2) is 6.20 Å². The molecule has 0 atom stereocenters. The van der Waals surface area contributed by atoms with Crippen molar-refractivity contribution in [3.05, 3.63) is 71.4 Å². The molecule has 32 heavy (non-hydrogen) atoms. The van der Waals surface area contributed by atoms with Crippen molar-refractivity contribution in [2.24, 2.45) is 5.73 Å². The van der Waals surface area contributed by atoms with Crippen molar-refractivity contribution < 1.29 is 17.5 Å². The summed E-state index contributed by atoms with van der Waals surface area (Å²) in [4.78, 5) is 3.23. The minimum atomic E-state index is -4.23. The number of fused-ring (bicyclic) bond motifs is 2. The summed E-state index contributed by atoms with van der Waals surface area (Å²) in [5.74, 6) is -0.362. The van der Waals surface area contributed by atoms with E-state index in [4.69, 9.17) is 5.73 Å². The quantitative estimate of drug-likeness (QED) is 0.381. The van der Waals surface area contributed by atoms with Crippen LogP contribution >= 0.6 is 24.2 Å². The van der Waals surface area contributed by atoms with Gasteiger partial charge < -0.3 is 15.2 Å². The molecule has 0 amide bonds. The zero-order valence-electron chi connectivity index (χ0n) is 17.5. The summed E-state index contributed by atoms with van der Waals surface area (Å²) < 4.78 is 35.4. The van der Waals surface area contributed by atoms with Crippen molar-refractivity contribution in [2.75, 3.05) is 23.7 Å². The SMILES string of the molecule is Cl.NCCC[n+]1ccc(C=C2Sc3ccccc3N2CCCS(=O)(=O)[O-])c2ccccc21. The summed E-state index contributed by atoms with van der Waals surface area (Å²) in [7, 11) is -4.23. The fourth-order valence-electron chi connectivity index (χ4n) is 3.81. The van der Waals surface area contributed by atoms with Crippen molar-refractivity contribution in [1.82, 2.24) is 0 Å². The van der Waals surface area contributed by atoms with Gasteiger partial charge in [-0.15, -0.1) is 12.4 Å². The first-order valence-electron chi connectivity index (χ1n) is 10.3. The van der Waals surface area contributed by atoms with Crippen LogP contribution in [0.15, 0.2) is 70.7 Å². The van der Waals surface area contributed by atoms with Crippen LogP contribution in [0.5, 0.6) is 0 Å². The van der Waals surface area contributed by atoms with E-state index in [1.165, 1.54) is 0 Å². The van der Waals surface area contributed by atoms with Crippen LogP contribution in [-0.2, 0) is 16.7 Å². The molecule has 9 heteroatoms. The van der Waals surface area contributed by atoms with Gasteiger partial charge in [-0.3, -0.25) is 0 Å². The zero-order chi connectivity index (χ0) is 21.8. The summed E-state index contributed by atoms with van der Waals surface area (Å²) in [5, 5.41) is 2.17. The fourth-order valence-corrected chi connectivity index (χ4v) is 5.44. The molecule has 1 aliphatic heterocycles. The third kappa shape index (κ3) is 5.63. The second-order valence-electron chi connectivity index (χ2n) is 7.44. The van der Waals surface area contributed by atoms with Gasteiger partial charge in [0.05, 0.1) is 26.2 Å². The lowest BCUT2D eigenvalue weighted by molar-refractivity contribution is -0.671. The minimum absolute atomic E-state index is 0. The predicted molar refractivity (Wildman–Crippen MR) is 132 cm³/mol. The Morgan fingerprint density at radius 3 is 2.59 bits per heavy atom. The number of aryl methyl sites for hydroxylation is 1. The maximum atomic E-state index is 11.1. The molecule has 0 fully saturated rings. The molecule has 0 spiro atoms. The van der Waals surface area contributed by atoms with Crippen molar-refractivity contribution >= 4 is 57.0 Å². The molecule has 0 saturated carbocycles. The van der Waals surface area contributed by atoms with Crippen LogP contribution in [0.4, 0.5) is 5.69 Å². The van der Waals surface area contributed by atoms with Crippen LogP contribution in [0.1, 0.15) is 18.4 Å². The molecule has 2 heterocycles. The molecular weight excluding hydrogens is 466 g/mol. The van der Waals surface area contributed by atoms with Crippen LogP contribution in [0.25, 0.3) is 17.0 Å². The first-order chi connectivity index (χ1) is 15.0. The fraction of sp³-hybridized carbons (Fsp3) is 0.261. The van der Waals surface area contributed by atoms with Gasteiger partial charge in [0.1, 0.15) is 6.54 Å². The number of pyridine rings is 1. The Morgan fingerprint density at radius 1 is 1.06 bits per heavy atom. The summed E-state index contributed by atoms with van der Waals surface area (Å²) in [6.45, 7) is 1.98. The molecule has 3 aromatic rings. The van der Waals surface area contributed by atoms with Crippen molar-refractivity contribution in [1.29, 1.82) is 0 Å². The van der Waals surface area contributed by atoms with Crippen molar-refractivity contribution in [3.8, 4) is 0 Å². The van der Waals surface area contributed by atoms with E-state index in [1.54, 1.807) is 11.8 Å². The molecule has 0 unspecified atom stereocenters. The van der Waals surface area contributed by atoms with Gasteiger partial charge in [-0.1, -0.05) is 36.0 Å². The monoisotopic (exact) mass is 491 g/mol. The predicted octanol–water partition coefficient (Wildman–Crippen LogP) is 3.74. The smallest absolute Gasteiger partial charge is 0.213 e. The van der Waals surface area contributed by atoms with Gasteiger partial charge in [0.25, 0.3) is 0 Å². The molecule has 6 nitrogen and oxygen atoms in total. The van der Waals surface area contributed by atoms with Gasteiger partial charge in [0, 0.05) is 35.7 Å². The molecule has 0 saturated heterocycles. The Hall–Kier alpha value is -2.10. The van der Waals surface area contributed by atoms with E-state index in [2.05, 4.69) is 46.0 Å². The third-order valence-electron chi connectivity index (χ3n) is 5.25. The number of benzene rings is 2. The highest BCUT2D eigenvalue weighted by Crippen LogP contribution is 2.46. The number of aromatic nitrogens is 1. The van der Waals surface area contributed by atoms with Crippen molar-refractivity contribution in [3.63, 3.8) is 0 Å². The lowest BCUT2D eigenvalue weighted by Crippen LogP contribution is -2.35. The van der Waals surface area contributed by atoms with Gasteiger partial charge >= 0.3 is 0 Å². The minimum Gasteiger partial charge on any atom is -0.748 e. The highest BCUT2D eigenvalue weighted by atomic mass is 35.5. The number of para-hydroxylation sites is 2. The summed E-state index contributed by atoms with van der Waals surface area (Å²) in [5.41, 5.74) is 8.98. The number of rotatable bonds is 8. The number of halogens is 1. The van der Waals surface area contributed by atoms with E-state index in [-0.39, 0.29) is 24.6 Å². The molecule has 4 rings (SSSR count). The maximum absolute atomic E-state index is 11.1. The number of anilines is 1. The molecular formula is C23H26ClN3O3S2. The topological polar surface area (TPSA) is 90.3 Å². The number of nitrogens with zero attached hydrogens (tertiary/aromatic N) is 2. The lowest BCUT2D eigenvalue weighted by atomic mass is 10.1. The van der Waals surface area contributed by atoms with E-state index >= 15 is 0 Å². The Bertz CT molecular complexity index is 1230. The number of nitrogens with two attached hydrogens (primary N) is 1. The Labute approximate surface area is 199 Å². The van der Waals surface area contributed by atoms with E-state index in [0.29, 0.717) is 13.1 Å². The highest BCUT2D eigenvalue weighted by Gasteiger charge is 2.25. The first kappa shape index (κ1) is 24.5. The zero-order valence-corrected chi connectivity index (χ0v) is 20.0. The van der Waals surface area contributed by atoms with Gasteiger partial charge in [-0.25, -0.2) is 8.42 Å². The summed E-state index contributed by atoms with van der Waals surface area (Å²) in [6, 6.07) is 18.4. The molecule has 0 aliphatic carbocycles.